The number of benzene rings is 2. The summed E-state index contributed by atoms with van der Waals surface area (Å²) in [5.74, 6) is -0.0864. The van der Waals surface area contributed by atoms with Crippen LogP contribution in [0.3, 0.4) is 0 Å². The highest BCUT2D eigenvalue weighted by molar-refractivity contribution is 7.91. The van der Waals surface area contributed by atoms with E-state index in [2.05, 4.69) is 20.8 Å². The molecule has 1 heterocycles. The Morgan fingerprint density at radius 1 is 1.18 bits per heavy atom. The molecule has 3 rings (SSSR count). The zero-order valence-electron chi connectivity index (χ0n) is 19.2. The van der Waals surface area contributed by atoms with Crippen LogP contribution in [-0.4, -0.2) is 59.0 Å². The van der Waals surface area contributed by atoms with E-state index >= 15 is 0 Å². The lowest BCUT2D eigenvalue weighted by Gasteiger charge is -2.18. The number of anilines is 1. The molecule has 0 radical (unpaired) electrons. The Kier molecular flexibility index (Phi) is 9.02. The fourth-order valence-electron chi connectivity index (χ4n) is 3.43. The molecule has 1 aromatic heterocycles. The van der Waals surface area contributed by atoms with Crippen LogP contribution in [0.1, 0.15) is 17.5 Å². The SMILES string of the molecule is CNCc1ccc(F)cc1CCC(=O)Nc1ccc(-c2cn[nH]c2)cc1[S+]([O-])CCN(C)C. The van der Waals surface area contributed by atoms with Gasteiger partial charge in [0.15, 0.2) is 4.90 Å². The van der Waals surface area contributed by atoms with Crippen molar-refractivity contribution in [1.29, 1.82) is 0 Å². The molecule has 176 valence electrons. The normalized spacial score (nSPS) is 12.2. The van der Waals surface area contributed by atoms with E-state index in [9.17, 15) is 13.7 Å². The zero-order chi connectivity index (χ0) is 23.8. The van der Waals surface area contributed by atoms with Gasteiger partial charge in [0.25, 0.3) is 0 Å². The van der Waals surface area contributed by atoms with Crippen LogP contribution < -0.4 is 10.6 Å². The predicted molar refractivity (Wildman–Crippen MR) is 130 cm³/mol. The number of nitrogens with one attached hydrogen (secondary N) is 3. The molecular formula is C24H30FN5O2S. The Labute approximate surface area is 197 Å². The van der Waals surface area contributed by atoms with Crippen LogP contribution in [0.5, 0.6) is 0 Å². The molecular weight excluding hydrogens is 441 g/mol. The summed E-state index contributed by atoms with van der Waals surface area (Å²) in [5, 5.41) is 12.7. The standard InChI is InChI=1S/C24H30FN5O2S/c1-26-14-19-4-7-21(25)12-17(19)6-9-24(31)29-22-8-5-18(20-15-27-28-16-20)13-23(22)33(32)11-10-30(2)3/h4-5,7-8,12-13,15-16,26H,6,9-11,14H2,1-3H3,(H,27,28)(H,29,31). The van der Waals surface area contributed by atoms with Gasteiger partial charge in [-0.1, -0.05) is 12.1 Å². The van der Waals surface area contributed by atoms with Gasteiger partial charge in [-0.15, -0.1) is 0 Å². The average Bonchev–Trinajstić information content (AvgIpc) is 3.33. The van der Waals surface area contributed by atoms with Crippen LogP contribution in [0.15, 0.2) is 53.7 Å². The molecule has 3 aromatic rings. The van der Waals surface area contributed by atoms with Crippen molar-refractivity contribution in [2.45, 2.75) is 24.3 Å². The third-order valence-corrected chi connectivity index (χ3v) is 6.60. The molecule has 3 N–H and O–H groups in total. The number of aromatic amines is 1. The number of hydrogen-bond donors (Lipinski definition) is 3. The fraction of sp³-hybridized carbons (Fsp3) is 0.333. The molecule has 9 heteroatoms. The van der Waals surface area contributed by atoms with Gasteiger partial charge >= 0.3 is 0 Å². The van der Waals surface area contributed by atoms with Crippen LogP contribution >= 0.6 is 0 Å². The van der Waals surface area contributed by atoms with Crippen molar-refractivity contribution < 1.29 is 13.7 Å². The van der Waals surface area contributed by atoms with E-state index in [-0.39, 0.29) is 18.1 Å². The van der Waals surface area contributed by atoms with Crippen molar-refractivity contribution in [2.24, 2.45) is 0 Å². The highest BCUT2D eigenvalue weighted by Crippen LogP contribution is 2.29. The number of rotatable bonds is 11. The first-order valence-corrected chi connectivity index (χ1v) is 12.1. The van der Waals surface area contributed by atoms with Gasteiger partial charge < -0.3 is 20.1 Å². The number of H-pyrrole nitrogens is 1. The highest BCUT2D eigenvalue weighted by atomic mass is 32.2. The Balaban J connectivity index is 1.76. The second-order valence-corrected chi connectivity index (χ2v) is 9.58. The van der Waals surface area contributed by atoms with Gasteiger partial charge in [0, 0.05) is 37.3 Å². The van der Waals surface area contributed by atoms with E-state index in [4.69, 9.17) is 0 Å². The summed E-state index contributed by atoms with van der Waals surface area (Å²) in [4.78, 5) is 15.3. The maximum absolute atomic E-state index is 13.7. The van der Waals surface area contributed by atoms with Crippen LogP contribution in [0, 0.1) is 5.82 Å². The molecule has 1 amide bonds. The van der Waals surface area contributed by atoms with Crippen molar-refractivity contribution in [3.8, 4) is 11.1 Å². The Bertz CT molecular complexity index is 1060. The van der Waals surface area contributed by atoms with Crippen molar-refractivity contribution in [3.05, 3.63) is 65.7 Å². The van der Waals surface area contributed by atoms with E-state index in [1.807, 2.05) is 38.2 Å². The largest absolute Gasteiger partial charge is 0.611 e. The van der Waals surface area contributed by atoms with Gasteiger partial charge in [-0.2, -0.15) is 5.10 Å². The van der Waals surface area contributed by atoms with Crippen LogP contribution in [0.4, 0.5) is 10.1 Å². The molecule has 2 aromatic carbocycles. The summed E-state index contributed by atoms with van der Waals surface area (Å²) < 4.78 is 26.8. The number of aryl methyl sites for hydroxylation is 1. The van der Waals surface area contributed by atoms with Gasteiger partial charge in [-0.05, 0) is 73.6 Å². The van der Waals surface area contributed by atoms with E-state index in [0.29, 0.717) is 35.8 Å². The van der Waals surface area contributed by atoms with Gasteiger partial charge in [0.05, 0.1) is 11.9 Å². The molecule has 0 aliphatic heterocycles. The number of hydrogen-bond acceptors (Lipinski definition) is 5. The smallest absolute Gasteiger partial charge is 0.224 e. The molecule has 0 bridgehead atoms. The van der Waals surface area contributed by atoms with Crippen LogP contribution in [0.25, 0.3) is 11.1 Å². The molecule has 0 saturated heterocycles. The molecule has 0 saturated carbocycles. The molecule has 0 spiro atoms. The number of carbonyl (C=O) groups is 1. The van der Waals surface area contributed by atoms with E-state index in [1.165, 1.54) is 12.1 Å². The Morgan fingerprint density at radius 3 is 2.70 bits per heavy atom. The van der Waals surface area contributed by atoms with Crippen LogP contribution in [-0.2, 0) is 28.9 Å². The summed E-state index contributed by atoms with van der Waals surface area (Å²) in [6, 6.07) is 10.1. The molecule has 7 nitrogen and oxygen atoms in total. The monoisotopic (exact) mass is 471 g/mol. The lowest BCUT2D eigenvalue weighted by atomic mass is 10.0. The van der Waals surface area contributed by atoms with E-state index < -0.39 is 11.2 Å². The summed E-state index contributed by atoms with van der Waals surface area (Å²) in [5.41, 5.74) is 4.03. The van der Waals surface area contributed by atoms with Crippen LogP contribution in [0.2, 0.25) is 0 Å². The number of amides is 1. The predicted octanol–water partition coefficient (Wildman–Crippen LogP) is 3.18. The summed E-state index contributed by atoms with van der Waals surface area (Å²) in [7, 11) is 5.68. The molecule has 0 aliphatic carbocycles. The van der Waals surface area contributed by atoms with E-state index in [0.717, 1.165) is 22.3 Å². The first kappa shape index (κ1) is 24.9. The fourth-order valence-corrected chi connectivity index (χ4v) is 4.80. The van der Waals surface area contributed by atoms with Gasteiger partial charge in [-0.25, -0.2) is 4.39 Å². The third kappa shape index (κ3) is 7.13. The Morgan fingerprint density at radius 2 is 2.00 bits per heavy atom. The Hall–Kier alpha value is -2.72. The minimum atomic E-state index is -1.30. The number of nitrogens with zero attached hydrogens (tertiary/aromatic N) is 2. The first-order chi connectivity index (χ1) is 15.9. The molecule has 0 aliphatic rings. The molecule has 33 heavy (non-hydrogen) atoms. The maximum Gasteiger partial charge on any atom is 0.224 e. The second-order valence-electron chi connectivity index (χ2n) is 8.04. The van der Waals surface area contributed by atoms with Crippen molar-refractivity contribution >= 4 is 22.8 Å². The van der Waals surface area contributed by atoms with Gasteiger partial charge in [0.2, 0.25) is 5.91 Å². The van der Waals surface area contributed by atoms with Crippen molar-refractivity contribution in [2.75, 3.05) is 38.8 Å². The van der Waals surface area contributed by atoms with Crippen molar-refractivity contribution in [1.82, 2.24) is 20.4 Å². The lowest BCUT2D eigenvalue weighted by molar-refractivity contribution is -0.116. The molecule has 1 unspecified atom stereocenters. The zero-order valence-corrected chi connectivity index (χ0v) is 20.0. The van der Waals surface area contributed by atoms with Gasteiger partial charge in [0.1, 0.15) is 11.6 Å². The quantitative estimate of drug-likeness (QED) is 0.373. The average molecular weight is 472 g/mol. The third-order valence-electron chi connectivity index (χ3n) is 5.21. The topological polar surface area (TPSA) is 96.1 Å². The molecule has 1 atom stereocenters. The minimum Gasteiger partial charge on any atom is -0.611 e. The highest BCUT2D eigenvalue weighted by Gasteiger charge is 2.20. The molecule has 0 fully saturated rings. The number of halogens is 1. The summed E-state index contributed by atoms with van der Waals surface area (Å²) in [6.45, 7) is 1.26. The second kappa shape index (κ2) is 11.9. The number of aromatic nitrogens is 2. The van der Waals surface area contributed by atoms with Crippen molar-refractivity contribution in [3.63, 3.8) is 0 Å². The summed E-state index contributed by atoms with van der Waals surface area (Å²) >= 11 is -1.30. The minimum absolute atomic E-state index is 0.188. The maximum atomic E-state index is 13.7. The van der Waals surface area contributed by atoms with E-state index in [1.54, 1.807) is 24.5 Å². The number of carbonyl (C=O) groups excluding carboxylic acids is 1. The van der Waals surface area contributed by atoms with Gasteiger partial charge in [-0.3, -0.25) is 9.89 Å². The summed E-state index contributed by atoms with van der Waals surface area (Å²) in [6.07, 6.45) is 4.06. The first-order valence-electron chi connectivity index (χ1n) is 10.8. The lowest BCUT2D eigenvalue weighted by Crippen LogP contribution is -2.23.